The van der Waals surface area contributed by atoms with Crippen LogP contribution in [0.5, 0.6) is 5.75 Å². The van der Waals surface area contributed by atoms with Crippen molar-refractivity contribution in [2.45, 2.75) is 0 Å². The number of carbonyl (C=O) groups is 2. The summed E-state index contributed by atoms with van der Waals surface area (Å²) in [4.78, 5) is 24.8. The lowest BCUT2D eigenvalue weighted by Gasteiger charge is -2.05. The summed E-state index contributed by atoms with van der Waals surface area (Å²) < 4.78 is 11.9. The van der Waals surface area contributed by atoms with Crippen LogP contribution in [0.4, 0.5) is 0 Å². The molecule has 0 aliphatic rings. The summed E-state index contributed by atoms with van der Waals surface area (Å²) >= 11 is 3.36. The molecule has 3 rings (SSSR count). The highest BCUT2D eigenvalue weighted by molar-refractivity contribution is 9.10. The Hall–Kier alpha value is -2.67. The number of esters is 1. The summed E-state index contributed by atoms with van der Waals surface area (Å²) in [7, 11) is 2.80. The fourth-order valence-corrected chi connectivity index (χ4v) is 2.73. The van der Waals surface area contributed by atoms with Crippen LogP contribution in [0.1, 0.15) is 20.8 Å². The zero-order valence-corrected chi connectivity index (χ0v) is 14.5. The molecule has 0 aliphatic carbocycles. The first kappa shape index (κ1) is 16.2. The normalized spacial score (nSPS) is 10.6. The monoisotopic (exact) mass is 388 g/mol. The first-order valence-electron chi connectivity index (χ1n) is 7.00. The molecule has 0 atom stereocenters. The summed E-state index contributed by atoms with van der Waals surface area (Å²) in [5.74, 6) is -0.403. The molecule has 0 spiro atoms. The van der Waals surface area contributed by atoms with Gasteiger partial charge in [0.05, 0.1) is 19.7 Å². The molecule has 7 heteroatoms. The van der Waals surface area contributed by atoms with Crippen molar-refractivity contribution in [1.29, 1.82) is 0 Å². The molecular formula is C17H13BrN2O4. The quantitative estimate of drug-likeness (QED) is 0.643. The van der Waals surface area contributed by atoms with E-state index in [2.05, 4.69) is 21.0 Å². The SMILES string of the molecule is COC(=O)c1nn(C(=O)c2cccc(OC)c2)c2ccc(Br)cc12. The Morgan fingerprint density at radius 3 is 2.62 bits per heavy atom. The van der Waals surface area contributed by atoms with Gasteiger partial charge >= 0.3 is 5.97 Å². The molecular weight excluding hydrogens is 376 g/mol. The molecule has 0 bridgehead atoms. The number of rotatable bonds is 3. The summed E-state index contributed by atoms with van der Waals surface area (Å²) in [5.41, 5.74) is 1.01. The Balaban J connectivity index is 2.18. The van der Waals surface area contributed by atoms with Crippen molar-refractivity contribution in [2.24, 2.45) is 0 Å². The fourth-order valence-electron chi connectivity index (χ4n) is 2.37. The number of fused-ring (bicyclic) bond motifs is 1. The Morgan fingerprint density at radius 1 is 1.12 bits per heavy atom. The fraction of sp³-hybridized carbons (Fsp3) is 0.118. The largest absolute Gasteiger partial charge is 0.497 e. The number of hydrogen-bond donors (Lipinski definition) is 0. The van der Waals surface area contributed by atoms with Crippen molar-refractivity contribution in [3.63, 3.8) is 0 Å². The standard InChI is InChI=1S/C17H13BrN2O4/c1-23-12-5-3-4-10(8-12)16(21)20-14-7-6-11(18)9-13(14)15(19-20)17(22)24-2/h3-9H,1-2H3. The minimum absolute atomic E-state index is 0.0880. The third-order valence-electron chi connectivity index (χ3n) is 3.53. The van der Waals surface area contributed by atoms with Crippen LogP contribution in [-0.2, 0) is 4.74 Å². The molecule has 24 heavy (non-hydrogen) atoms. The second kappa shape index (κ2) is 6.45. The number of nitrogens with zero attached hydrogens (tertiary/aromatic N) is 2. The van der Waals surface area contributed by atoms with Gasteiger partial charge in [-0.15, -0.1) is 0 Å². The van der Waals surface area contributed by atoms with Gasteiger partial charge in [-0.05, 0) is 36.4 Å². The smallest absolute Gasteiger partial charge is 0.359 e. The van der Waals surface area contributed by atoms with Crippen molar-refractivity contribution in [1.82, 2.24) is 9.78 Å². The predicted molar refractivity (Wildman–Crippen MR) is 91.5 cm³/mol. The Bertz CT molecular complexity index is 949. The Labute approximate surface area is 146 Å². The van der Waals surface area contributed by atoms with Crippen LogP contribution in [0.2, 0.25) is 0 Å². The van der Waals surface area contributed by atoms with E-state index in [4.69, 9.17) is 9.47 Å². The van der Waals surface area contributed by atoms with E-state index in [0.717, 1.165) is 4.47 Å². The zero-order chi connectivity index (χ0) is 17.3. The van der Waals surface area contributed by atoms with Gasteiger partial charge in [-0.3, -0.25) is 4.79 Å². The third-order valence-corrected chi connectivity index (χ3v) is 4.02. The van der Waals surface area contributed by atoms with E-state index in [1.54, 1.807) is 42.5 Å². The average molecular weight is 389 g/mol. The van der Waals surface area contributed by atoms with Crippen molar-refractivity contribution >= 4 is 38.7 Å². The molecule has 6 nitrogen and oxygen atoms in total. The number of hydrogen-bond acceptors (Lipinski definition) is 5. The molecule has 0 amide bonds. The third kappa shape index (κ3) is 2.78. The minimum atomic E-state index is -0.602. The maximum absolute atomic E-state index is 12.8. The molecule has 0 fully saturated rings. The molecule has 2 aromatic carbocycles. The summed E-state index contributed by atoms with van der Waals surface area (Å²) in [6.07, 6.45) is 0. The van der Waals surface area contributed by atoms with Crippen LogP contribution in [-0.4, -0.2) is 35.9 Å². The molecule has 0 unspecified atom stereocenters. The highest BCUT2D eigenvalue weighted by Crippen LogP contribution is 2.25. The van der Waals surface area contributed by atoms with Crippen LogP contribution in [0.25, 0.3) is 10.9 Å². The second-order valence-corrected chi connectivity index (χ2v) is 5.87. The number of benzene rings is 2. The van der Waals surface area contributed by atoms with Crippen LogP contribution < -0.4 is 4.74 Å². The van der Waals surface area contributed by atoms with E-state index in [0.29, 0.717) is 22.2 Å². The van der Waals surface area contributed by atoms with Gasteiger partial charge in [0.1, 0.15) is 5.75 Å². The number of carbonyl (C=O) groups excluding carboxylic acids is 2. The minimum Gasteiger partial charge on any atom is -0.497 e. The van der Waals surface area contributed by atoms with Crippen molar-refractivity contribution in [2.75, 3.05) is 14.2 Å². The molecule has 0 radical (unpaired) electrons. The van der Waals surface area contributed by atoms with Gasteiger partial charge in [-0.1, -0.05) is 22.0 Å². The van der Waals surface area contributed by atoms with Crippen LogP contribution in [0.15, 0.2) is 46.9 Å². The van der Waals surface area contributed by atoms with Gasteiger partial charge < -0.3 is 9.47 Å². The Morgan fingerprint density at radius 2 is 1.92 bits per heavy atom. The highest BCUT2D eigenvalue weighted by Gasteiger charge is 2.22. The lowest BCUT2D eigenvalue weighted by Crippen LogP contribution is -2.14. The van der Waals surface area contributed by atoms with Gasteiger partial charge in [0, 0.05) is 15.4 Å². The highest BCUT2D eigenvalue weighted by atomic mass is 79.9. The van der Waals surface area contributed by atoms with Crippen molar-refractivity contribution in [3.8, 4) is 5.75 Å². The first-order valence-corrected chi connectivity index (χ1v) is 7.80. The number of methoxy groups -OCH3 is 2. The maximum Gasteiger partial charge on any atom is 0.359 e. The van der Waals surface area contributed by atoms with Crippen LogP contribution in [0, 0.1) is 0 Å². The van der Waals surface area contributed by atoms with Gasteiger partial charge in [-0.25, -0.2) is 4.79 Å². The Kier molecular flexibility index (Phi) is 4.35. The van der Waals surface area contributed by atoms with E-state index in [9.17, 15) is 9.59 Å². The van der Waals surface area contributed by atoms with E-state index < -0.39 is 5.97 Å². The van der Waals surface area contributed by atoms with Gasteiger partial charge in [0.15, 0.2) is 5.69 Å². The van der Waals surface area contributed by atoms with Crippen LogP contribution in [0.3, 0.4) is 0 Å². The van der Waals surface area contributed by atoms with Gasteiger partial charge in [0.25, 0.3) is 5.91 Å². The van der Waals surface area contributed by atoms with E-state index in [1.165, 1.54) is 18.9 Å². The van der Waals surface area contributed by atoms with E-state index in [1.807, 2.05) is 0 Å². The maximum atomic E-state index is 12.8. The lowest BCUT2D eigenvalue weighted by molar-refractivity contribution is 0.0595. The van der Waals surface area contributed by atoms with Crippen molar-refractivity contribution < 1.29 is 19.1 Å². The summed E-state index contributed by atoms with van der Waals surface area (Å²) in [6.45, 7) is 0. The molecule has 122 valence electrons. The molecule has 1 aromatic heterocycles. The van der Waals surface area contributed by atoms with E-state index >= 15 is 0 Å². The first-order chi connectivity index (χ1) is 11.5. The molecule has 1 heterocycles. The molecule has 0 aliphatic heterocycles. The van der Waals surface area contributed by atoms with Crippen LogP contribution >= 0.6 is 15.9 Å². The van der Waals surface area contributed by atoms with Crippen molar-refractivity contribution in [3.05, 3.63) is 58.2 Å². The summed E-state index contributed by atoms with van der Waals surface area (Å²) in [5, 5.41) is 4.70. The van der Waals surface area contributed by atoms with Gasteiger partial charge in [0.2, 0.25) is 0 Å². The predicted octanol–water partition coefficient (Wildman–Crippen LogP) is 3.28. The molecule has 3 aromatic rings. The topological polar surface area (TPSA) is 70.4 Å². The average Bonchev–Trinajstić information content (AvgIpc) is 2.99. The van der Waals surface area contributed by atoms with Gasteiger partial charge in [-0.2, -0.15) is 9.78 Å². The zero-order valence-electron chi connectivity index (χ0n) is 12.9. The number of ether oxygens (including phenoxy) is 2. The molecule has 0 saturated heterocycles. The van der Waals surface area contributed by atoms with E-state index in [-0.39, 0.29) is 11.6 Å². The number of aromatic nitrogens is 2. The lowest BCUT2D eigenvalue weighted by atomic mass is 10.2. The molecule has 0 N–H and O–H groups in total. The molecule has 0 saturated carbocycles. The summed E-state index contributed by atoms with van der Waals surface area (Å²) in [6, 6.07) is 12.0. The number of halogens is 1. The second-order valence-electron chi connectivity index (χ2n) is 4.95.